The third kappa shape index (κ3) is 4.06. The average Bonchev–Trinajstić information content (AvgIpc) is 3.19. The number of nitrogens with zero attached hydrogens (tertiary/aromatic N) is 1. The lowest BCUT2D eigenvalue weighted by Crippen LogP contribution is -2.53. The topological polar surface area (TPSA) is 58.6 Å². The molecule has 5 nitrogen and oxygen atoms in total. The van der Waals surface area contributed by atoms with Crippen molar-refractivity contribution in [2.75, 3.05) is 19.6 Å². The van der Waals surface area contributed by atoms with Crippen molar-refractivity contribution in [1.82, 2.24) is 10.2 Å². The zero-order valence-corrected chi connectivity index (χ0v) is 16.8. The SMILES string of the molecule is CCN(CC)C(CNC(=O)C1(C)Cc2ccccc2C(=O)O1)c1ccsc1. The number of amides is 1. The van der Waals surface area contributed by atoms with Gasteiger partial charge < -0.3 is 10.1 Å². The van der Waals surface area contributed by atoms with Crippen LogP contribution in [0.15, 0.2) is 41.1 Å². The molecule has 0 spiro atoms. The molecule has 2 heterocycles. The van der Waals surface area contributed by atoms with Gasteiger partial charge in [-0.05, 0) is 54.0 Å². The monoisotopic (exact) mass is 386 g/mol. The summed E-state index contributed by atoms with van der Waals surface area (Å²) in [6, 6.07) is 9.50. The first-order chi connectivity index (χ1) is 13.0. The van der Waals surface area contributed by atoms with Gasteiger partial charge in [0, 0.05) is 13.0 Å². The summed E-state index contributed by atoms with van der Waals surface area (Å²) in [6.07, 6.45) is 0.384. The van der Waals surface area contributed by atoms with Crippen LogP contribution in [-0.2, 0) is 16.0 Å². The molecule has 2 aromatic rings. The predicted octanol–water partition coefficient (Wildman–Crippen LogP) is 3.42. The van der Waals surface area contributed by atoms with Crippen LogP contribution in [0.25, 0.3) is 0 Å². The number of cyclic esters (lactones) is 1. The maximum Gasteiger partial charge on any atom is 0.339 e. The summed E-state index contributed by atoms with van der Waals surface area (Å²) in [4.78, 5) is 27.6. The Morgan fingerprint density at radius 1 is 1.30 bits per heavy atom. The molecule has 0 fully saturated rings. The Morgan fingerprint density at radius 2 is 2.04 bits per heavy atom. The van der Waals surface area contributed by atoms with Crippen LogP contribution in [-0.4, -0.2) is 42.0 Å². The fourth-order valence-corrected chi connectivity index (χ4v) is 4.33. The molecule has 2 unspecified atom stereocenters. The molecule has 0 aliphatic carbocycles. The molecule has 1 aliphatic heterocycles. The van der Waals surface area contributed by atoms with E-state index in [0.29, 0.717) is 18.5 Å². The van der Waals surface area contributed by atoms with E-state index in [1.807, 2.05) is 12.1 Å². The lowest BCUT2D eigenvalue weighted by atomic mass is 9.89. The van der Waals surface area contributed by atoms with Gasteiger partial charge in [0.25, 0.3) is 5.91 Å². The summed E-state index contributed by atoms with van der Waals surface area (Å²) in [5, 5.41) is 7.20. The second-order valence-corrected chi connectivity index (χ2v) is 7.74. The molecule has 1 amide bonds. The largest absolute Gasteiger partial charge is 0.445 e. The van der Waals surface area contributed by atoms with Crippen molar-refractivity contribution in [3.05, 3.63) is 57.8 Å². The summed E-state index contributed by atoms with van der Waals surface area (Å²) >= 11 is 1.65. The van der Waals surface area contributed by atoms with Crippen LogP contribution in [0.5, 0.6) is 0 Å². The fraction of sp³-hybridized carbons (Fsp3) is 0.429. The summed E-state index contributed by atoms with van der Waals surface area (Å²) in [5.74, 6) is -0.689. The van der Waals surface area contributed by atoms with E-state index in [1.165, 1.54) is 5.56 Å². The number of fused-ring (bicyclic) bond motifs is 1. The first-order valence-corrected chi connectivity index (χ1v) is 10.3. The third-order valence-corrected chi connectivity index (χ3v) is 5.90. The number of likely N-dealkylation sites (N-methyl/N-ethyl adjacent to an activating group) is 1. The molecule has 1 aromatic carbocycles. The molecule has 144 valence electrons. The molecule has 0 saturated carbocycles. The van der Waals surface area contributed by atoms with E-state index in [2.05, 4.69) is 40.9 Å². The fourth-order valence-electron chi connectivity index (χ4n) is 3.62. The van der Waals surface area contributed by atoms with Gasteiger partial charge >= 0.3 is 5.97 Å². The second-order valence-electron chi connectivity index (χ2n) is 6.96. The van der Waals surface area contributed by atoms with Gasteiger partial charge in [0.1, 0.15) is 0 Å². The number of thiophene rings is 1. The Kier molecular flexibility index (Phi) is 5.97. The van der Waals surface area contributed by atoms with Crippen LogP contribution in [0.1, 0.15) is 48.3 Å². The normalized spacial score (nSPS) is 20.1. The number of hydrogen-bond donors (Lipinski definition) is 1. The molecule has 1 N–H and O–H groups in total. The third-order valence-electron chi connectivity index (χ3n) is 5.20. The summed E-state index contributed by atoms with van der Waals surface area (Å²) in [7, 11) is 0. The molecule has 3 rings (SSSR count). The summed E-state index contributed by atoms with van der Waals surface area (Å²) < 4.78 is 5.54. The zero-order valence-electron chi connectivity index (χ0n) is 16.0. The van der Waals surface area contributed by atoms with Crippen LogP contribution in [0.3, 0.4) is 0 Å². The first kappa shape index (κ1) is 19.6. The van der Waals surface area contributed by atoms with Gasteiger partial charge in [0.05, 0.1) is 11.6 Å². The lowest BCUT2D eigenvalue weighted by molar-refractivity contribution is -0.140. The molecule has 6 heteroatoms. The van der Waals surface area contributed by atoms with E-state index in [4.69, 9.17) is 4.74 Å². The summed E-state index contributed by atoms with van der Waals surface area (Å²) in [5.41, 5.74) is 1.40. The number of esters is 1. The van der Waals surface area contributed by atoms with Gasteiger partial charge in [0.2, 0.25) is 0 Å². The summed E-state index contributed by atoms with van der Waals surface area (Å²) in [6.45, 7) is 8.19. The number of hydrogen-bond acceptors (Lipinski definition) is 5. The van der Waals surface area contributed by atoms with Crippen molar-refractivity contribution in [2.45, 2.75) is 38.8 Å². The Morgan fingerprint density at radius 3 is 2.70 bits per heavy atom. The molecule has 2 atom stereocenters. The Labute approximate surface area is 164 Å². The number of carbonyl (C=O) groups excluding carboxylic acids is 2. The van der Waals surface area contributed by atoms with Crippen molar-refractivity contribution in [2.24, 2.45) is 0 Å². The van der Waals surface area contributed by atoms with Gasteiger partial charge in [-0.15, -0.1) is 0 Å². The molecule has 1 aliphatic rings. The van der Waals surface area contributed by atoms with Crippen LogP contribution in [0.2, 0.25) is 0 Å². The van der Waals surface area contributed by atoms with Gasteiger partial charge in [-0.2, -0.15) is 11.3 Å². The van der Waals surface area contributed by atoms with Crippen LogP contribution < -0.4 is 5.32 Å². The van der Waals surface area contributed by atoms with E-state index in [-0.39, 0.29) is 11.9 Å². The molecule has 0 saturated heterocycles. The average molecular weight is 387 g/mol. The Hall–Kier alpha value is -2.18. The van der Waals surface area contributed by atoms with E-state index < -0.39 is 11.6 Å². The molecular weight excluding hydrogens is 360 g/mol. The van der Waals surface area contributed by atoms with Crippen LogP contribution in [0, 0.1) is 0 Å². The quantitative estimate of drug-likeness (QED) is 0.741. The van der Waals surface area contributed by atoms with Gasteiger partial charge in [-0.25, -0.2) is 4.79 Å². The number of carbonyl (C=O) groups is 2. The van der Waals surface area contributed by atoms with E-state index in [0.717, 1.165) is 18.7 Å². The van der Waals surface area contributed by atoms with Crippen molar-refractivity contribution in [1.29, 1.82) is 0 Å². The number of nitrogens with one attached hydrogen (secondary N) is 1. The minimum absolute atomic E-state index is 0.102. The minimum atomic E-state index is -1.19. The molecule has 0 bridgehead atoms. The van der Waals surface area contributed by atoms with Crippen LogP contribution in [0.4, 0.5) is 0 Å². The van der Waals surface area contributed by atoms with Crippen molar-refractivity contribution >= 4 is 23.2 Å². The maximum atomic E-state index is 12.9. The predicted molar refractivity (Wildman–Crippen MR) is 107 cm³/mol. The standard InChI is InChI=1S/C21H26N2O3S/c1-4-23(5-2)18(16-10-11-27-14-16)13-22-20(25)21(3)12-15-8-6-7-9-17(15)19(24)26-21/h6-11,14,18H,4-5,12-13H2,1-3H3,(H,22,25). The Bertz CT molecular complexity index is 802. The highest BCUT2D eigenvalue weighted by atomic mass is 32.1. The molecule has 27 heavy (non-hydrogen) atoms. The molecule has 1 aromatic heterocycles. The van der Waals surface area contributed by atoms with E-state index in [1.54, 1.807) is 30.4 Å². The zero-order chi connectivity index (χ0) is 19.4. The second kappa shape index (κ2) is 8.23. The highest BCUT2D eigenvalue weighted by Crippen LogP contribution is 2.29. The first-order valence-electron chi connectivity index (χ1n) is 9.34. The van der Waals surface area contributed by atoms with Gasteiger partial charge in [-0.1, -0.05) is 32.0 Å². The van der Waals surface area contributed by atoms with Gasteiger partial charge in [-0.3, -0.25) is 9.69 Å². The van der Waals surface area contributed by atoms with Crippen molar-refractivity contribution < 1.29 is 14.3 Å². The van der Waals surface area contributed by atoms with Crippen LogP contribution >= 0.6 is 11.3 Å². The maximum absolute atomic E-state index is 12.9. The molecular formula is C21H26N2O3S. The number of ether oxygens (including phenoxy) is 1. The smallest absolute Gasteiger partial charge is 0.339 e. The lowest BCUT2D eigenvalue weighted by Gasteiger charge is -2.35. The van der Waals surface area contributed by atoms with Gasteiger partial charge in [0.15, 0.2) is 5.60 Å². The van der Waals surface area contributed by atoms with E-state index in [9.17, 15) is 9.59 Å². The number of rotatable bonds is 7. The van der Waals surface area contributed by atoms with E-state index >= 15 is 0 Å². The van der Waals surface area contributed by atoms with Crippen molar-refractivity contribution in [3.63, 3.8) is 0 Å². The highest BCUT2D eigenvalue weighted by Gasteiger charge is 2.42. The Balaban J connectivity index is 1.73. The van der Waals surface area contributed by atoms with Crippen molar-refractivity contribution in [3.8, 4) is 0 Å². The number of benzene rings is 1. The minimum Gasteiger partial charge on any atom is -0.445 e. The highest BCUT2D eigenvalue weighted by molar-refractivity contribution is 7.07. The molecule has 0 radical (unpaired) electrons.